The Labute approximate surface area is 54.4 Å². The fraction of sp³-hybridized carbons (Fsp3) is 1.00. The predicted octanol–water partition coefficient (Wildman–Crippen LogP) is 1.64. The minimum Gasteiger partial charge on any atom is -0.309 e. The number of hydrogen-bond donors (Lipinski definition) is 1. The van der Waals surface area contributed by atoms with Crippen LogP contribution in [0.1, 0.15) is 20.3 Å². The molecule has 1 unspecified atom stereocenters. The Morgan fingerprint density at radius 2 is 2.00 bits per heavy atom. The average Bonchev–Trinajstić information content (AvgIpc) is 1.82. The first kappa shape index (κ1) is 8.82. The van der Waals surface area contributed by atoms with Crippen molar-refractivity contribution < 1.29 is 8.78 Å². The first-order chi connectivity index (χ1) is 4.18. The van der Waals surface area contributed by atoms with E-state index < -0.39 is 12.5 Å². The number of alkyl halides is 2. The minimum atomic E-state index is -2.24. The van der Waals surface area contributed by atoms with Gasteiger partial charge >= 0.3 is 0 Å². The summed E-state index contributed by atoms with van der Waals surface area (Å²) in [6.07, 6.45) is -1.34. The lowest BCUT2D eigenvalue weighted by molar-refractivity contribution is 0.106. The van der Waals surface area contributed by atoms with Crippen LogP contribution in [0.4, 0.5) is 8.78 Å². The SMILES string of the molecule is CCCNC(C)C(F)F. The van der Waals surface area contributed by atoms with E-state index in [9.17, 15) is 8.78 Å². The molecule has 0 amide bonds. The Morgan fingerprint density at radius 3 is 2.33 bits per heavy atom. The largest absolute Gasteiger partial charge is 0.309 e. The van der Waals surface area contributed by atoms with Gasteiger partial charge in [-0.05, 0) is 19.9 Å². The number of halogens is 2. The zero-order chi connectivity index (χ0) is 7.28. The lowest BCUT2D eigenvalue weighted by atomic mass is 10.3. The zero-order valence-electron chi connectivity index (χ0n) is 5.82. The molecule has 1 atom stereocenters. The summed E-state index contributed by atoms with van der Waals surface area (Å²) in [6, 6.07) is -0.662. The molecule has 0 aliphatic heterocycles. The second kappa shape index (κ2) is 4.68. The highest BCUT2D eigenvalue weighted by Gasteiger charge is 2.11. The zero-order valence-corrected chi connectivity index (χ0v) is 5.82. The number of hydrogen-bond acceptors (Lipinski definition) is 1. The summed E-state index contributed by atoms with van der Waals surface area (Å²) in [5.41, 5.74) is 0. The minimum absolute atomic E-state index is 0.662. The first-order valence-corrected chi connectivity index (χ1v) is 3.20. The molecule has 0 spiro atoms. The molecule has 0 saturated heterocycles. The Balaban J connectivity index is 3.16. The molecular formula is C6H13F2N. The van der Waals surface area contributed by atoms with Crippen LogP contribution in [0, 0.1) is 0 Å². The van der Waals surface area contributed by atoms with E-state index in [1.807, 2.05) is 6.92 Å². The summed E-state index contributed by atoms with van der Waals surface area (Å²) < 4.78 is 23.4. The van der Waals surface area contributed by atoms with Gasteiger partial charge < -0.3 is 5.32 Å². The van der Waals surface area contributed by atoms with Gasteiger partial charge in [0.05, 0.1) is 6.04 Å². The third-order valence-corrected chi connectivity index (χ3v) is 1.09. The maximum atomic E-state index is 11.7. The Kier molecular flexibility index (Phi) is 4.58. The molecule has 0 bridgehead atoms. The van der Waals surface area contributed by atoms with Crippen molar-refractivity contribution in [1.29, 1.82) is 0 Å². The Hall–Kier alpha value is -0.180. The fourth-order valence-corrected chi connectivity index (χ4v) is 0.461. The topological polar surface area (TPSA) is 12.0 Å². The van der Waals surface area contributed by atoms with Crippen LogP contribution in [0.2, 0.25) is 0 Å². The molecule has 1 nitrogen and oxygen atoms in total. The molecule has 0 fully saturated rings. The van der Waals surface area contributed by atoms with Crippen LogP contribution < -0.4 is 5.32 Å². The van der Waals surface area contributed by atoms with E-state index in [-0.39, 0.29) is 0 Å². The molecule has 0 aliphatic rings. The van der Waals surface area contributed by atoms with Gasteiger partial charge in [0, 0.05) is 0 Å². The van der Waals surface area contributed by atoms with Crippen LogP contribution in [0.15, 0.2) is 0 Å². The van der Waals surface area contributed by atoms with Crippen molar-refractivity contribution >= 4 is 0 Å². The second-order valence-corrected chi connectivity index (χ2v) is 2.08. The third-order valence-electron chi connectivity index (χ3n) is 1.09. The van der Waals surface area contributed by atoms with Gasteiger partial charge in [-0.15, -0.1) is 0 Å². The number of nitrogens with one attached hydrogen (secondary N) is 1. The van der Waals surface area contributed by atoms with Gasteiger partial charge in [0.2, 0.25) is 0 Å². The van der Waals surface area contributed by atoms with E-state index in [1.54, 1.807) is 0 Å². The molecule has 3 heteroatoms. The summed E-state index contributed by atoms with van der Waals surface area (Å²) in [6.45, 7) is 4.11. The number of rotatable bonds is 4. The highest BCUT2D eigenvalue weighted by Crippen LogP contribution is 1.98. The van der Waals surface area contributed by atoms with E-state index in [0.29, 0.717) is 6.54 Å². The van der Waals surface area contributed by atoms with Crippen molar-refractivity contribution in [3.63, 3.8) is 0 Å². The van der Waals surface area contributed by atoms with Gasteiger partial charge in [0.15, 0.2) is 0 Å². The average molecular weight is 137 g/mol. The van der Waals surface area contributed by atoms with Crippen molar-refractivity contribution in [3.05, 3.63) is 0 Å². The van der Waals surface area contributed by atoms with E-state index in [1.165, 1.54) is 6.92 Å². The molecule has 1 N–H and O–H groups in total. The van der Waals surface area contributed by atoms with Gasteiger partial charge in [0.1, 0.15) is 0 Å². The smallest absolute Gasteiger partial charge is 0.253 e. The Morgan fingerprint density at radius 1 is 1.44 bits per heavy atom. The third kappa shape index (κ3) is 4.33. The first-order valence-electron chi connectivity index (χ1n) is 3.20. The molecule has 0 aromatic carbocycles. The van der Waals surface area contributed by atoms with Crippen LogP contribution in [0.3, 0.4) is 0 Å². The highest BCUT2D eigenvalue weighted by molar-refractivity contribution is 4.60. The fourth-order valence-electron chi connectivity index (χ4n) is 0.461. The highest BCUT2D eigenvalue weighted by atomic mass is 19.3. The predicted molar refractivity (Wildman–Crippen MR) is 33.8 cm³/mol. The summed E-state index contributed by atoms with van der Waals surface area (Å²) in [7, 11) is 0. The van der Waals surface area contributed by atoms with Gasteiger partial charge in [-0.2, -0.15) is 0 Å². The van der Waals surface area contributed by atoms with Crippen LogP contribution in [0.25, 0.3) is 0 Å². The van der Waals surface area contributed by atoms with Crippen LogP contribution in [-0.2, 0) is 0 Å². The molecule has 0 aliphatic carbocycles. The van der Waals surface area contributed by atoms with Gasteiger partial charge in [-0.1, -0.05) is 6.92 Å². The van der Waals surface area contributed by atoms with Crippen molar-refractivity contribution in [2.75, 3.05) is 6.54 Å². The van der Waals surface area contributed by atoms with Crippen molar-refractivity contribution in [2.24, 2.45) is 0 Å². The van der Waals surface area contributed by atoms with E-state index in [0.717, 1.165) is 6.42 Å². The van der Waals surface area contributed by atoms with Crippen molar-refractivity contribution in [2.45, 2.75) is 32.7 Å². The molecule has 9 heavy (non-hydrogen) atoms. The van der Waals surface area contributed by atoms with Crippen molar-refractivity contribution in [1.82, 2.24) is 5.32 Å². The van der Waals surface area contributed by atoms with Crippen LogP contribution >= 0.6 is 0 Å². The maximum Gasteiger partial charge on any atom is 0.253 e. The summed E-state index contributed by atoms with van der Waals surface area (Å²) in [5, 5.41) is 2.68. The lowest BCUT2D eigenvalue weighted by Gasteiger charge is -2.10. The molecule has 0 heterocycles. The van der Waals surface area contributed by atoms with Crippen molar-refractivity contribution in [3.8, 4) is 0 Å². The molecule has 0 aromatic rings. The lowest BCUT2D eigenvalue weighted by Crippen LogP contribution is -2.32. The van der Waals surface area contributed by atoms with Gasteiger partial charge in [-0.25, -0.2) is 8.78 Å². The van der Waals surface area contributed by atoms with E-state index >= 15 is 0 Å². The summed E-state index contributed by atoms with van der Waals surface area (Å²) in [5.74, 6) is 0. The second-order valence-electron chi connectivity index (χ2n) is 2.08. The normalized spacial score (nSPS) is 14.3. The molecule has 0 aromatic heterocycles. The Bertz CT molecular complexity index is 66.1. The summed E-state index contributed by atoms with van der Waals surface area (Å²) in [4.78, 5) is 0. The van der Waals surface area contributed by atoms with Gasteiger partial charge in [-0.3, -0.25) is 0 Å². The molecule has 0 rings (SSSR count). The summed E-state index contributed by atoms with van der Waals surface area (Å²) >= 11 is 0. The maximum absolute atomic E-state index is 11.7. The molecular weight excluding hydrogens is 124 g/mol. The quantitative estimate of drug-likeness (QED) is 0.621. The van der Waals surface area contributed by atoms with E-state index in [4.69, 9.17) is 0 Å². The standard InChI is InChI=1S/C6H13F2N/c1-3-4-9-5(2)6(7)8/h5-6,9H,3-4H2,1-2H3. The van der Waals surface area contributed by atoms with E-state index in [2.05, 4.69) is 5.32 Å². The molecule has 0 saturated carbocycles. The van der Waals surface area contributed by atoms with Crippen LogP contribution in [0.5, 0.6) is 0 Å². The molecule has 56 valence electrons. The van der Waals surface area contributed by atoms with Crippen LogP contribution in [-0.4, -0.2) is 19.0 Å². The molecule has 0 radical (unpaired) electrons. The van der Waals surface area contributed by atoms with Gasteiger partial charge in [0.25, 0.3) is 6.43 Å². The monoisotopic (exact) mass is 137 g/mol.